The first kappa shape index (κ1) is 18.9. The van der Waals surface area contributed by atoms with Crippen LogP contribution in [0.4, 0.5) is 10.1 Å². The fourth-order valence-corrected chi connectivity index (χ4v) is 3.64. The van der Waals surface area contributed by atoms with Crippen molar-refractivity contribution in [2.24, 2.45) is 0 Å². The van der Waals surface area contributed by atoms with Gasteiger partial charge in [-0.3, -0.25) is 9.59 Å². The van der Waals surface area contributed by atoms with Crippen LogP contribution in [-0.4, -0.2) is 11.7 Å². The molecule has 3 aromatic carbocycles. The zero-order valence-corrected chi connectivity index (χ0v) is 15.5. The Hall–Kier alpha value is -2.92. The molecule has 3 aromatic rings. The molecule has 0 fully saturated rings. The molecule has 0 heterocycles. The van der Waals surface area contributed by atoms with E-state index in [2.05, 4.69) is 5.32 Å². The van der Waals surface area contributed by atoms with E-state index in [4.69, 9.17) is 0 Å². The van der Waals surface area contributed by atoms with Crippen LogP contribution in [0.2, 0.25) is 0 Å². The summed E-state index contributed by atoms with van der Waals surface area (Å²) < 4.78 is 14.1. The topological polar surface area (TPSA) is 46.2 Å². The van der Waals surface area contributed by atoms with Crippen LogP contribution in [0.5, 0.6) is 0 Å². The number of amides is 1. The first-order chi connectivity index (χ1) is 13.0. The van der Waals surface area contributed by atoms with Gasteiger partial charge in [-0.05, 0) is 36.8 Å². The van der Waals surface area contributed by atoms with Crippen molar-refractivity contribution in [3.05, 3.63) is 95.8 Å². The lowest BCUT2D eigenvalue weighted by molar-refractivity contribution is -0.115. The number of anilines is 1. The second-order valence-electron chi connectivity index (χ2n) is 5.97. The monoisotopic (exact) mass is 379 g/mol. The van der Waals surface area contributed by atoms with Gasteiger partial charge >= 0.3 is 0 Å². The molecule has 1 N–H and O–H groups in total. The third kappa shape index (κ3) is 4.83. The molecule has 5 heteroatoms. The van der Waals surface area contributed by atoms with Crippen molar-refractivity contribution in [3.8, 4) is 0 Å². The number of carbonyl (C=O) groups excluding carboxylic acids is 2. The standard InChI is InChI=1S/C22H18FNO2S/c1-15(25)17-10-7-11-18(14-17)24-22(26)21(16-8-3-2-4-9-16)27-20-13-6-5-12-19(20)23/h2-14,21H,1H3,(H,24,26). The van der Waals surface area contributed by atoms with Gasteiger partial charge in [-0.25, -0.2) is 4.39 Å². The summed E-state index contributed by atoms with van der Waals surface area (Å²) in [7, 11) is 0. The van der Waals surface area contributed by atoms with Gasteiger partial charge in [-0.1, -0.05) is 54.6 Å². The number of nitrogens with one attached hydrogen (secondary N) is 1. The Morgan fingerprint density at radius 1 is 0.926 bits per heavy atom. The average molecular weight is 379 g/mol. The van der Waals surface area contributed by atoms with E-state index in [1.54, 1.807) is 42.5 Å². The Kier molecular flexibility index (Phi) is 6.04. The van der Waals surface area contributed by atoms with Crippen molar-refractivity contribution in [2.75, 3.05) is 5.32 Å². The molecule has 0 aliphatic heterocycles. The fourth-order valence-electron chi connectivity index (χ4n) is 2.59. The Labute approximate surface area is 161 Å². The molecule has 3 nitrogen and oxygen atoms in total. The molecule has 0 radical (unpaired) electrons. The number of carbonyl (C=O) groups is 2. The second kappa shape index (κ2) is 8.64. The first-order valence-electron chi connectivity index (χ1n) is 8.42. The highest BCUT2D eigenvalue weighted by Gasteiger charge is 2.23. The number of halogens is 1. The summed E-state index contributed by atoms with van der Waals surface area (Å²) in [6.07, 6.45) is 0. The molecular formula is C22H18FNO2S. The van der Waals surface area contributed by atoms with Gasteiger partial charge in [-0.15, -0.1) is 11.8 Å². The summed E-state index contributed by atoms with van der Waals surface area (Å²) in [5.41, 5.74) is 1.82. The summed E-state index contributed by atoms with van der Waals surface area (Å²) in [6, 6.07) is 22.4. The summed E-state index contributed by atoms with van der Waals surface area (Å²) in [5.74, 6) is -0.726. The van der Waals surface area contributed by atoms with Crippen molar-refractivity contribution in [2.45, 2.75) is 17.1 Å². The third-order valence-electron chi connectivity index (χ3n) is 3.96. The zero-order valence-electron chi connectivity index (χ0n) is 14.7. The van der Waals surface area contributed by atoms with Crippen molar-refractivity contribution >= 4 is 29.1 Å². The van der Waals surface area contributed by atoms with Gasteiger partial charge in [0.1, 0.15) is 11.1 Å². The van der Waals surface area contributed by atoms with Crippen LogP contribution in [0.3, 0.4) is 0 Å². The molecule has 1 unspecified atom stereocenters. The summed E-state index contributed by atoms with van der Waals surface area (Å²) in [4.78, 5) is 24.9. The molecule has 136 valence electrons. The molecule has 3 rings (SSSR count). The molecule has 0 aliphatic rings. The maximum Gasteiger partial charge on any atom is 0.242 e. The molecular weight excluding hydrogens is 361 g/mol. The van der Waals surface area contributed by atoms with Gasteiger partial charge in [0, 0.05) is 16.1 Å². The van der Waals surface area contributed by atoms with E-state index in [0.29, 0.717) is 16.1 Å². The highest BCUT2D eigenvalue weighted by Crippen LogP contribution is 2.37. The fraction of sp³-hybridized carbons (Fsp3) is 0.0909. The van der Waals surface area contributed by atoms with Crippen molar-refractivity contribution < 1.29 is 14.0 Å². The summed E-state index contributed by atoms with van der Waals surface area (Å²) in [5, 5.41) is 2.21. The quantitative estimate of drug-likeness (QED) is 0.454. The molecule has 1 atom stereocenters. The second-order valence-corrected chi connectivity index (χ2v) is 7.11. The number of ketones is 1. The number of thioether (sulfide) groups is 1. The Bertz CT molecular complexity index is 959. The molecule has 0 saturated heterocycles. The molecule has 0 spiro atoms. The van der Waals surface area contributed by atoms with Crippen LogP contribution in [0, 0.1) is 5.82 Å². The van der Waals surface area contributed by atoms with Crippen LogP contribution in [-0.2, 0) is 4.79 Å². The van der Waals surface area contributed by atoms with E-state index in [1.807, 2.05) is 30.3 Å². The molecule has 0 bridgehead atoms. The van der Waals surface area contributed by atoms with Crippen LogP contribution >= 0.6 is 11.8 Å². The van der Waals surface area contributed by atoms with Gasteiger partial charge < -0.3 is 5.32 Å². The predicted octanol–water partition coefficient (Wildman–Crippen LogP) is 5.50. The number of benzene rings is 3. The number of hydrogen-bond acceptors (Lipinski definition) is 3. The Balaban J connectivity index is 1.88. The normalized spacial score (nSPS) is 11.6. The maximum atomic E-state index is 14.1. The number of rotatable bonds is 6. The highest BCUT2D eigenvalue weighted by atomic mass is 32.2. The minimum atomic E-state index is -0.635. The smallest absolute Gasteiger partial charge is 0.242 e. The van der Waals surface area contributed by atoms with E-state index < -0.39 is 5.25 Å². The lowest BCUT2D eigenvalue weighted by Crippen LogP contribution is -2.19. The van der Waals surface area contributed by atoms with Crippen LogP contribution in [0.1, 0.15) is 28.1 Å². The van der Waals surface area contributed by atoms with Crippen LogP contribution in [0.15, 0.2) is 83.8 Å². The SMILES string of the molecule is CC(=O)c1cccc(NC(=O)C(Sc2ccccc2F)c2ccccc2)c1. The molecule has 0 aromatic heterocycles. The van der Waals surface area contributed by atoms with E-state index in [1.165, 1.54) is 13.0 Å². The van der Waals surface area contributed by atoms with Crippen molar-refractivity contribution in [1.29, 1.82) is 0 Å². The minimum Gasteiger partial charge on any atom is -0.325 e. The highest BCUT2D eigenvalue weighted by molar-refractivity contribution is 8.00. The summed E-state index contributed by atoms with van der Waals surface area (Å²) >= 11 is 1.15. The molecule has 0 aliphatic carbocycles. The van der Waals surface area contributed by atoms with E-state index in [0.717, 1.165) is 17.3 Å². The molecule has 1 amide bonds. The largest absolute Gasteiger partial charge is 0.325 e. The van der Waals surface area contributed by atoms with Gasteiger partial charge in [-0.2, -0.15) is 0 Å². The van der Waals surface area contributed by atoms with E-state index in [-0.39, 0.29) is 17.5 Å². The van der Waals surface area contributed by atoms with Gasteiger partial charge in [0.2, 0.25) is 5.91 Å². The van der Waals surface area contributed by atoms with Gasteiger partial charge in [0.15, 0.2) is 5.78 Å². The Morgan fingerprint density at radius 2 is 1.63 bits per heavy atom. The lowest BCUT2D eigenvalue weighted by Gasteiger charge is -2.17. The third-order valence-corrected chi connectivity index (χ3v) is 5.27. The van der Waals surface area contributed by atoms with Gasteiger partial charge in [0.05, 0.1) is 0 Å². The number of Topliss-reactive ketones (excluding diaryl/α,β-unsaturated/α-hetero) is 1. The lowest BCUT2D eigenvalue weighted by atomic mass is 10.1. The number of hydrogen-bond donors (Lipinski definition) is 1. The average Bonchev–Trinajstić information content (AvgIpc) is 2.68. The zero-order chi connectivity index (χ0) is 19.2. The van der Waals surface area contributed by atoms with E-state index >= 15 is 0 Å². The van der Waals surface area contributed by atoms with E-state index in [9.17, 15) is 14.0 Å². The first-order valence-corrected chi connectivity index (χ1v) is 9.30. The Morgan fingerprint density at radius 3 is 2.33 bits per heavy atom. The van der Waals surface area contributed by atoms with Crippen molar-refractivity contribution in [3.63, 3.8) is 0 Å². The summed E-state index contributed by atoms with van der Waals surface area (Å²) in [6.45, 7) is 1.47. The van der Waals surface area contributed by atoms with Crippen molar-refractivity contribution in [1.82, 2.24) is 0 Å². The maximum absolute atomic E-state index is 14.1. The molecule has 0 saturated carbocycles. The minimum absolute atomic E-state index is 0.0774. The van der Waals surface area contributed by atoms with Crippen LogP contribution < -0.4 is 5.32 Å². The van der Waals surface area contributed by atoms with Crippen LogP contribution in [0.25, 0.3) is 0 Å². The molecule has 27 heavy (non-hydrogen) atoms. The predicted molar refractivity (Wildman–Crippen MR) is 107 cm³/mol. The van der Waals surface area contributed by atoms with Gasteiger partial charge in [0.25, 0.3) is 0 Å².